The zero-order chi connectivity index (χ0) is 51.6. The van der Waals surface area contributed by atoms with E-state index in [1.807, 2.05) is 12.2 Å². The van der Waals surface area contributed by atoms with Gasteiger partial charge in [-0.05, 0) is 70.3 Å². The molecule has 2 rings (SSSR count). The molecule has 20 nitrogen and oxygen atoms in total. The van der Waals surface area contributed by atoms with Crippen molar-refractivity contribution in [1.82, 2.24) is 9.55 Å². The fraction of sp³-hybridized carbons (Fsp3) is 0.750. The lowest BCUT2D eigenvalue weighted by Crippen LogP contribution is -2.36. The fourth-order valence-electron chi connectivity index (χ4n) is 7.33. The Bertz CT molecular complexity index is 1850. The summed E-state index contributed by atoms with van der Waals surface area (Å²) in [5.74, 6) is -1.44. The molecule has 1 aromatic rings. The molecule has 1 aliphatic heterocycles. The van der Waals surface area contributed by atoms with Crippen LogP contribution in [0.1, 0.15) is 174 Å². The van der Waals surface area contributed by atoms with E-state index in [4.69, 9.17) is 29.0 Å². The lowest BCUT2D eigenvalue weighted by atomic mass is 10.0. The Morgan fingerprint density at radius 1 is 0.743 bits per heavy atom. The highest BCUT2D eigenvalue weighted by atomic mass is 31.3. The minimum Gasteiger partial charge on any atom is -0.462 e. The van der Waals surface area contributed by atoms with Gasteiger partial charge in [-0.1, -0.05) is 127 Å². The molecule has 0 bridgehead atoms. The van der Waals surface area contributed by atoms with Crippen molar-refractivity contribution in [2.75, 3.05) is 25.6 Å². The van der Waals surface area contributed by atoms with Crippen LogP contribution in [0.4, 0.5) is 5.82 Å². The van der Waals surface area contributed by atoms with Crippen molar-refractivity contribution in [3.05, 3.63) is 59.2 Å². The standard InChI is InChI=1S/C48H83N3O17P2/c1-3-5-7-9-11-12-13-14-15-16-17-18-19-23-27-31-43(54)63-35-38(66-44(55)32-28-24-20-22-26-30-40(53)39(52)29-25-21-10-8-6-4-2)36-64-69(59,60)68-70(61,62)65-37-41-45(56)46(57)47(67-41)51-34-33-42(49)50-48(51)58/h12-15,21,25,33-34,38-41,45-47,52-53,56-57H,3-11,16-20,22-24,26-32,35-37H2,1-2H3,(H,59,60)(H,61,62)(H2,49,50,58)/b13-12-,15-14-,25-21-/t38-,39+,40+,41-,45-,46-,47-/m1/s1. The van der Waals surface area contributed by atoms with Gasteiger partial charge in [-0.3, -0.25) is 23.2 Å². The molecule has 0 amide bonds. The van der Waals surface area contributed by atoms with Gasteiger partial charge in [0.05, 0.1) is 25.4 Å². The SMILES string of the molecule is CCCCC/C=C\C[C@H](O)[C@@H](O)CCCCCCCC(=O)O[C@H](COC(=O)CCCCCCC/C=C\C=C/CCCCCC)COP(=O)(O)OP(=O)(O)OC[C@H]1O[C@@H](n2ccc(N)nc2=O)[C@H](O)[C@@H]1O. The zero-order valence-electron chi connectivity index (χ0n) is 41.3. The van der Waals surface area contributed by atoms with Crippen molar-refractivity contribution in [1.29, 1.82) is 0 Å². The minimum atomic E-state index is -5.46. The average molecular weight is 1040 g/mol. The summed E-state index contributed by atoms with van der Waals surface area (Å²) >= 11 is 0. The van der Waals surface area contributed by atoms with Gasteiger partial charge in [0.15, 0.2) is 12.3 Å². The molecule has 70 heavy (non-hydrogen) atoms. The van der Waals surface area contributed by atoms with Gasteiger partial charge in [0.2, 0.25) is 0 Å². The highest BCUT2D eigenvalue weighted by Gasteiger charge is 2.46. The third-order valence-electron chi connectivity index (χ3n) is 11.4. The first-order chi connectivity index (χ1) is 33.5. The zero-order valence-corrected chi connectivity index (χ0v) is 43.1. The molecule has 1 aromatic heterocycles. The van der Waals surface area contributed by atoms with Crippen molar-refractivity contribution in [3.8, 4) is 0 Å². The van der Waals surface area contributed by atoms with Gasteiger partial charge >= 0.3 is 33.3 Å². The Labute approximate surface area is 413 Å². The number of aliphatic hydroxyl groups excluding tert-OH is 4. The molecule has 1 aliphatic rings. The molecule has 22 heteroatoms. The van der Waals surface area contributed by atoms with Gasteiger partial charge in [0.25, 0.3) is 0 Å². The number of ether oxygens (including phenoxy) is 3. The van der Waals surface area contributed by atoms with Gasteiger partial charge < -0.3 is 50.2 Å². The second-order valence-electron chi connectivity index (χ2n) is 17.6. The van der Waals surface area contributed by atoms with Crippen LogP contribution in [-0.2, 0) is 46.3 Å². The van der Waals surface area contributed by atoms with E-state index in [0.717, 1.165) is 87.8 Å². The molecule has 1 fully saturated rings. The quantitative estimate of drug-likeness (QED) is 0.0108. The van der Waals surface area contributed by atoms with E-state index in [0.29, 0.717) is 38.5 Å². The Morgan fingerprint density at radius 2 is 1.30 bits per heavy atom. The number of allylic oxidation sites excluding steroid dienone is 5. The summed E-state index contributed by atoms with van der Waals surface area (Å²) in [5, 5.41) is 41.5. The normalized spacial score (nSPS) is 20.5. The number of aromatic nitrogens is 2. The van der Waals surface area contributed by atoms with E-state index in [1.165, 1.54) is 31.7 Å². The molecule has 2 unspecified atom stereocenters. The van der Waals surface area contributed by atoms with Gasteiger partial charge in [-0.2, -0.15) is 9.29 Å². The predicted octanol–water partition coefficient (Wildman–Crippen LogP) is 7.94. The van der Waals surface area contributed by atoms with E-state index in [1.54, 1.807) is 0 Å². The van der Waals surface area contributed by atoms with E-state index in [2.05, 4.69) is 47.4 Å². The van der Waals surface area contributed by atoms with Crippen LogP contribution in [0.2, 0.25) is 0 Å². The average Bonchev–Trinajstić information content (AvgIpc) is 3.59. The largest absolute Gasteiger partial charge is 0.481 e. The van der Waals surface area contributed by atoms with Gasteiger partial charge in [0, 0.05) is 19.0 Å². The molecule has 8 N–H and O–H groups in total. The van der Waals surface area contributed by atoms with Crippen LogP contribution in [-0.4, -0.2) is 108 Å². The van der Waals surface area contributed by atoms with Crippen LogP contribution in [0.25, 0.3) is 0 Å². The van der Waals surface area contributed by atoms with Crippen LogP contribution in [0.3, 0.4) is 0 Å². The van der Waals surface area contributed by atoms with Crippen LogP contribution in [0.15, 0.2) is 53.5 Å². The molecule has 2 heterocycles. The third-order valence-corrected chi connectivity index (χ3v) is 14.0. The molecule has 0 saturated carbocycles. The van der Waals surface area contributed by atoms with E-state index in [9.17, 15) is 53.7 Å². The maximum Gasteiger partial charge on any atom is 0.481 e. The second-order valence-corrected chi connectivity index (χ2v) is 20.7. The number of carbonyl (C=O) groups excluding carboxylic acids is 2. The number of hydrogen-bond acceptors (Lipinski definition) is 17. The molecule has 9 atom stereocenters. The van der Waals surface area contributed by atoms with E-state index in [-0.39, 0.29) is 18.7 Å². The van der Waals surface area contributed by atoms with E-state index >= 15 is 0 Å². The fourth-order valence-corrected chi connectivity index (χ4v) is 9.44. The van der Waals surface area contributed by atoms with Crippen molar-refractivity contribution < 1.29 is 76.5 Å². The number of carbonyl (C=O) groups is 2. The number of rotatable bonds is 41. The topological polar surface area (TPSA) is 306 Å². The molecule has 0 spiro atoms. The molecule has 0 aromatic carbocycles. The van der Waals surface area contributed by atoms with Gasteiger partial charge in [-0.15, -0.1) is 0 Å². The number of aliphatic hydroxyl groups is 4. The Morgan fingerprint density at radius 3 is 1.96 bits per heavy atom. The molecular formula is C48H83N3O17P2. The highest BCUT2D eigenvalue weighted by Crippen LogP contribution is 2.60. The molecule has 0 aliphatic carbocycles. The first kappa shape index (κ1) is 63.0. The number of unbranched alkanes of at least 4 members (excludes halogenated alkanes) is 16. The summed E-state index contributed by atoms with van der Waals surface area (Å²) in [5.41, 5.74) is 4.57. The van der Waals surface area contributed by atoms with Crippen LogP contribution < -0.4 is 11.4 Å². The van der Waals surface area contributed by atoms with Crippen LogP contribution in [0, 0.1) is 0 Å². The lowest BCUT2D eigenvalue weighted by Gasteiger charge is -2.21. The van der Waals surface area contributed by atoms with Gasteiger partial charge in [0.1, 0.15) is 30.7 Å². The summed E-state index contributed by atoms with van der Waals surface area (Å²) in [4.78, 5) is 61.9. The maximum absolute atomic E-state index is 12.9. The second kappa shape index (κ2) is 36.8. The lowest BCUT2D eigenvalue weighted by molar-refractivity contribution is -0.161. The third kappa shape index (κ3) is 28.8. The molecular weight excluding hydrogens is 952 g/mol. The Balaban J connectivity index is 1.85. The summed E-state index contributed by atoms with van der Waals surface area (Å²) < 4.78 is 56.6. The number of nitrogens with zero attached hydrogens (tertiary/aromatic N) is 2. The molecule has 0 radical (unpaired) electrons. The summed E-state index contributed by atoms with van der Waals surface area (Å²) in [6.07, 6.45) is 23.8. The monoisotopic (exact) mass is 1040 g/mol. The first-order valence-electron chi connectivity index (χ1n) is 25.2. The van der Waals surface area contributed by atoms with Crippen molar-refractivity contribution in [3.63, 3.8) is 0 Å². The van der Waals surface area contributed by atoms with Crippen molar-refractivity contribution >= 4 is 33.4 Å². The van der Waals surface area contributed by atoms with Crippen molar-refractivity contribution in [2.45, 2.75) is 211 Å². The van der Waals surface area contributed by atoms with Gasteiger partial charge in [-0.25, -0.2) is 13.9 Å². The van der Waals surface area contributed by atoms with Crippen LogP contribution >= 0.6 is 15.6 Å². The van der Waals surface area contributed by atoms with Crippen LogP contribution in [0.5, 0.6) is 0 Å². The highest BCUT2D eigenvalue weighted by molar-refractivity contribution is 7.61. The number of hydrogen-bond donors (Lipinski definition) is 7. The Hall–Kier alpha value is -3.10. The number of esters is 2. The molecule has 1 saturated heterocycles. The summed E-state index contributed by atoms with van der Waals surface area (Å²) in [6, 6.07) is 1.24. The minimum absolute atomic E-state index is 0.0525. The number of phosphoric ester groups is 2. The number of nitrogens with two attached hydrogens (primary N) is 1. The first-order valence-corrected chi connectivity index (χ1v) is 28.2. The summed E-state index contributed by atoms with van der Waals surface area (Å²) in [6.45, 7) is 1.91. The Kier molecular flexibility index (Phi) is 33.1. The number of anilines is 1. The number of nitrogen functional groups attached to an aromatic ring is 1. The number of phosphoric acid groups is 2. The van der Waals surface area contributed by atoms with Crippen molar-refractivity contribution in [2.24, 2.45) is 0 Å². The summed E-state index contributed by atoms with van der Waals surface area (Å²) in [7, 11) is -10.9. The predicted molar refractivity (Wildman–Crippen MR) is 264 cm³/mol. The smallest absolute Gasteiger partial charge is 0.462 e. The van der Waals surface area contributed by atoms with E-state index < -0.39 is 95.9 Å². The maximum atomic E-state index is 12.9. The molecule has 402 valence electrons.